The van der Waals surface area contributed by atoms with E-state index in [0.717, 1.165) is 5.56 Å². The minimum absolute atomic E-state index is 0.132. The second-order valence-electron chi connectivity index (χ2n) is 8.08. The van der Waals surface area contributed by atoms with Crippen LogP contribution in [0.5, 0.6) is 0 Å². The summed E-state index contributed by atoms with van der Waals surface area (Å²) >= 11 is 1.67. The lowest BCUT2D eigenvalue weighted by atomic mass is 9.80. The van der Waals surface area contributed by atoms with Crippen molar-refractivity contribution in [2.45, 2.75) is 31.1 Å². The molecular weight excluding hydrogens is 480 g/mol. The van der Waals surface area contributed by atoms with Crippen LogP contribution >= 0.6 is 11.8 Å². The van der Waals surface area contributed by atoms with Gasteiger partial charge in [-0.1, -0.05) is 36.4 Å². The van der Waals surface area contributed by atoms with Crippen molar-refractivity contribution < 1.29 is 24.0 Å². The molecule has 0 amide bonds. The zero-order valence-corrected chi connectivity index (χ0v) is 21.4. The number of thioether (sulfide) groups is 1. The molecule has 2 aromatic rings. The maximum atomic E-state index is 13.2. The van der Waals surface area contributed by atoms with Crippen LogP contribution in [0.25, 0.3) is 6.08 Å². The van der Waals surface area contributed by atoms with Crippen LogP contribution in [0.15, 0.2) is 82.0 Å². The summed E-state index contributed by atoms with van der Waals surface area (Å²) in [5.74, 6) is -2.12. The lowest BCUT2D eigenvalue weighted by Gasteiger charge is -2.30. The molecule has 1 atom stereocenters. The van der Waals surface area contributed by atoms with Gasteiger partial charge in [0.1, 0.15) is 0 Å². The van der Waals surface area contributed by atoms with E-state index in [4.69, 9.17) is 9.47 Å². The highest BCUT2D eigenvalue weighted by molar-refractivity contribution is 7.98. The zero-order valence-electron chi connectivity index (χ0n) is 20.6. The van der Waals surface area contributed by atoms with Gasteiger partial charge in [0.05, 0.1) is 35.7 Å². The second-order valence-corrected chi connectivity index (χ2v) is 8.96. The third-order valence-corrected chi connectivity index (χ3v) is 6.49. The fourth-order valence-corrected chi connectivity index (χ4v) is 4.44. The summed E-state index contributed by atoms with van der Waals surface area (Å²) in [6.07, 6.45) is 6.39. The molecule has 0 spiro atoms. The highest BCUT2D eigenvalue weighted by atomic mass is 32.2. The van der Waals surface area contributed by atoms with Crippen LogP contribution in [0, 0.1) is 10.1 Å². The molecule has 8 nitrogen and oxygen atoms in total. The number of hydrogen-bond acceptors (Lipinski definition) is 8. The summed E-state index contributed by atoms with van der Waals surface area (Å²) < 4.78 is 10.5. The molecule has 1 aliphatic heterocycles. The summed E-state index contributed by atoms with van der Waals surface area (Å²) in [5, 5.41) is 14.4. The largest absolute Gasteiger partial charge is 0.466 e. The molecule has 1 aliphatic rings. The predicted octanol–water partition coefficient (Wildman–Crippen LogP) is 5.37. The molecule has 0 bridgehead atoms. The number of rotatable bonds is 9. The van der Waals surface area contributed by atoms with Gasteiger partial charge in [-0.25, -0.2) is 9.59 Å². The number of nitro groups is 1. The number of nitrogens with one attached hydrogen (secondary N) is 1. The average molecular weight is 509 g/mol. The van der Waals surface area contributed by atoms with Gasteiger partial charge in [-0.15, -0.1) is 11.8 Å². The van der Waals surface area contributed by atoms with E-state index < -0.39 is 22.8 Å². The minimum atomic E-state index is -0.878. The van der Waals surface area contributed by atoms with E-state index in [1.54, 1.807) is 31.7 Å². The first-order chi connectivity index (χ1) is 17.3. The van der Waals surface area contributed by atoms with Gasteiger partial charge in [0.2, 0.25) is 0 Å². The number of esters is 2. The van der Waals surface area contributed by atoms with Crippen molar-refractivity contribution in [3.63, 3.8) is 0 Å². The zero-order chi connectivity index (χ0) is 26.2. The van der Waals surface area contributed by atoms with Gasteiger partial charge < -0.3 is 14.8 Å². The maximum absolute atomic E-state index is 13.2. The monoisotopic (exact) mass is 508 g/mol. The number of carbonyl (C=O) groups excluding carboxylic acids is 2. The molecule has 36 heavy (non-hydrogen) atoms. The van der Waals surface area contributed by atoms with Gasteiger partial charge in [-0.3, -0.25) is 10.1 Å². The molecule has 0 fully saturated rings. The molecule has 188 valence electrons. The number of carbonyl (C=O) groups is 2. The number of hydrogen-bond donors (Lipinski definition) is 1. The molecule has 3 rings (SSSR count). The van der Waals surface area contributed by atoms with Gasteiger partial charge >= 0.3 is 11.9 Å². The molecule has 0 radical (unpaired) electrons. The number of allylic oxidation sites excluding steroid dienone is 2. The van der Waals surface area contributed by atoms with Gasteiger partial charge in [0.15, 0.2) is 0 Å². The van der Waals surface area contributed by atoms with E-state index in [1.807, 2.05) is 42.7 Å². The number of methoxy groups -OCH3 is 1. The van der Waals surface area contributed by atoms with Crippen molar-refractivity contribution in [2.24, 2.45) is 0 Å². The molecule has 1 heterocycles. The molecule has 1 unspecified atom stereocenters. The third kappa shape index (κ3) is 6.23. The maximum Gasteiger partial charge on any atom is 0.336 e. The van der Waals surface area contributed by atoms with Crippen molar-refractivity contribution in [3.05, 3.63) is 98.4 Å². The first-order valence-electron chi connectivity index (χ1n) is 11.3. The third-order valence-electron chi connectivity index (χ3n) is 5.74. The summed E-state index contributed by atoms with van der Waals surface area (Å²) in [7, 11) is 1.25. The van der Waals surface area contributed by atoms with Crippen molar-refractivity contribution in [1.29, 1.82) is 0 Å². The van der Waals surface area contributed by atoms with Gasteiger partial charge in [0, 0.05) is 28.4 Å². The fourth-order valence-electron chi connectivity index (χ4n) is 4.03. The van der Waals surface area contributed by atoms with Crippen LogP contribution < -0.4 is 5.32 Å². The van der Waals surface area contributed by atoms with Crippen molar-refractivity contribution in [2.75, 3.05) is 20.0 Å². The quantitative estimate of drug-likeness (QED) is 0.158. The normalized spacial score (nSPS) is 15.6. The Morgan fingerprint density at radius 2 is 1.75 bits per heavy atom. The van der Waals surface area contributed by atoms with E-state index >= 15 is 0 Å². The first kappa shape index (κ1) is 26.7. The van der Waals surface area contributed by atoms with E-state index in [-0.39, 0.29) is 23.4 Å². The standard InChI is InChI=1S/C27H28N2O6S/c1-17-23(26(30)34-3)25(20-9-7-10-21(16-20)29(32)33)24(18(2)28-17)27(31)35-15-6-5-8-19-11-13-22(36-4)14-12-19/h5,7-14,16,25,28H,6,15H2,1-4H3/b8-5+. The second kappa shape index (κ2) is 12.2. The Morgan fingerprint density at radius 3 is 2.36 bits per heavy atom. The molecule has 9 heteroatoms. The number of non-ortho nitro benzene ring substituents is 1. The van der Waals surface area contributed by atoms with E-state index in [0.29, 0.717) is 23.4 Å². The van der Waals surface area contributed by atoms with Gasteiger partial charge in [-0.2, -0.15) is 0 Å². The average Bonchev–Trinajstić information content (AvgIpc) is 2.87. The number of nitro benzene ring substituents is 1. The Kier molecular flexibility index (Phi) is 9.08. The Hall–Kier alpha value is -3.85. The van der Waals surface area contributed by atoms with Gasteiger partial charge in [0.25, 0.3) is 5.69 Å². The molecule has 0 saturated carbocycles. The van der Waals surface area contributed by atoms with Crippen LogP contribution in [-0.2, 0) is 19.1 Å². The summed E-state index contributed by atoms with van der Waals surface area (Å²) in [6.45, 7) is 3.53. The van der Waals surface area contributed by atoms with Gasteiger partial charge in [-0.05, 0) is 49.8 Å². The number of benzene rings is 2. The Labute approximate surface area is 214 Å². The lowest BCUT2D eigenvalue weighted by molar-refractivity contribution is -0.384. The van der Waals surface area contributed by atoms with Crippen molar-refractivity contribution in [3.8, 4) is 0 Å². The fraction of sp³-hybridized carbons (Fsp3) is 0.259. The molecule has 0 saturated heterocycles. The molecule has 0 aliphatic carbocycles. The van der Waals surface area contributed by atoms with Crippen LogP contribution in [0.4, 0.5) is 5.69 Å². The highest BCUT2D eigenvalue weighted by Gasteiger charge is 2.38. The van der Waals surface area contributed by atoms with E-state index in [9.17, 15) is 19.7 Å². The smallest absolute Gasteiger partial charge is 0.336 e. The van der Waals surface area contributed by atoms with E-state index in [2.05, 4.69) is 5.32 Å². The molecular formula is C27H28N2O6S. The van der Waals surface area contributed by atoms with Crippen LogP contribution in [0.1, 0.15) is 37.3 Å². The Morgan fingerprint density at radius 1 is 1.08 bits per heavy atom. The van der Waals surface area contributed by atoms with Crippen LogP contribution in [0.3, 0.4) is 0 Å². The summed E-state index contributed by atoms with van der Waals surface area (Å²) in [5.41, 5.74) is 2.73. The predicted molar refractivity (Wildman–Crippen MR) is 139 cm³/mol. The molecule has 1 N–H and O–H groups in total. The Balaban J connectivity index is 1.82. The SMILES string of the molecule is COC(=O)C1=C(C)NC(C)=C(C(=O)OCC/C=C/c2ccc(SC)cc2)C1c1cccc([N+](=O)[O-])c1. The molecule has 0 aromatic heterocycles. The van der Waals surface area contributed by atoms with Crippen LogP contribution in [-0.4, -0.2) is 36.8 Å². The number of ether oxygens (including phenoxy) is 2. The summed E-state index contributed by atoms with van der Waals surface area (Å²) in [6, 6.07) is 14.0. The number of nitrogens with zero attached hydrogens (tertiary/aromatic N) is 1. The van der Waals surface area contributed by atoms with Crippen LogP contribution in [0.2, 0.25) is 0 Å². The van der Waals surface area contributed by atoms with Crippen molar-refractivity contribution in [1.82, 2.24) is 5.32 Å². The summed E-state index contributed by atoms with van der Waals surface area (Å²) in [4.78, 5) is 37.9. The topological polar surface area (TPSA) is 108 Å². The minimum Gasteiger partial charge on any atom is -0.466 e. The van der Waals surface area contributed by atoms with Crippen molar-refractivity contribution >= 4 is 35.5 Å². The van der Waals surface area contributed by atoms with E-state index in [1.165, 1.54) is 30.2 Å². The molecule has 2 aromatic carbocycles. The number of dihydropyridines is 1. The Bertz CT molecular complexity index is 1250. The highest BCUT2D eigenvalue weighted by Crippen LogP contribution is 2.40. The lowest BCUT2D eigenvalue weighted by Crippen LogP contribution is -2.32. The first-order valence-corrected chi connectivity index (χ1v) is 12.5.